The van der Waals surface area contributed by atoms with Gasteiger partial charge >= 0.3 is 0 Å². The number of nitrogens with zero attached hydrogens (tertiary/aromatic N) is 2. The van der Waals surface area contributed by atoms with E-state index in [1.54, 1.807) is 22.7 Å². The molecule has 2 aromatic carbocycles. The topological polar surface area (TPSA) is 24.7 Å². The Morgan fingerprint density at radius 1 is 0.500 bits per heavy atom. The molecule has 3 heterocycles. The first-order valence-electron chi connectivity index (χ1n) is 8.34. The van der Waals surface area contributed by atoms with Gasteiger partial charge in [0.25, 0.3) is 0 Å². The van der Waals surface area contributed by atoms with E-state index in [-0.39, 0.29) is 0 Å². The molecule has 0 unspecified atom stereocenters. The molecule has 26 heavy (non-hydrogen) atoms. The van der Waals surface area contributed by atoms with Crippen LogP contribution < -0.4 is 19.8 Å². The Morgan fingerprint density at radius 3 is 1.35 bits per heavy atom. The molecule has 0 aliphatic carbocycles. The molecule has 1 aliphatic rings. The zero-order chi connectivity index (χ0) is 17.3. The third-order valence-corrected chi connectivity index (χ3v) is 6.10. The summed E-state index contributed by atoms with van der Waals surface area (Å²) in [5.41, 5.74) is 4.22. The van der Waals surface area contributed by atoms with Crippen molar-refractivity contribution in [2.75, 3.05) is 0 Å². The van der Waals surface area contributed by atoms with Crippen molar-refractivity contribution >= 4 is 34.1 Å². The average Bonchev–Trinajstić information content (AvgIpc) is 3.33. The van der Waals surface area contributed by atoms with E-state index < -0.39 is 0 Å². The third-order valence-electron chi connectivity index (χ3n) is 4.28. The van der Waals surface area contributed by atoms with Crippen LogP contribution in [0.25, 0.3) is 11.4 Å². The van der Waals surface area contributed by atoms with E-state index in [0.29, 0.717) is 0 Å². The van der Waals surface area contributed by atoms with Gasteiger partial charge in [-0.15, -0.1) is 22.7 Å². The van der Waals surface area contributed by atoms with Crippen molar-refractivity contribution in [1.29, 1.82) is 0 Å². The van der Waals surface area contributed by atoms with Crippen LogP contribution in [-0.4, -0.2) is 0 Å². The number of benzene rings is 2. The minimum absolute atomic E-state index is 0.982. The van der Waals surface area contributed by atoms with Gasteiger partial charge in [0.05, 0.1) is 31.2 Å². The van der Waals surface area contributed by atoms with Gasteiger partial charge < -0.3 is 0 Å². The van der Waals surface area contributed by atoms with E-state index in [1.807, 2.05) is 12.1 Å². The maximum Gasteiger partial charge on any atom is 0.0903 e. The van der Waals surface area contributed by atoms with Crippen LogP contribution in [0, 0.1) is 0 Å². The van der Waals surface area contributed by atoms with Crippen LogP contribution >= 0.6 is 22.7 Å². The molecular weight excluding hydrogens is 356 g/mol. The van der Waals surface area contributed by atoms with E-state index in [4.69, 9.17) is 9.98 Å². The maximum absolute atomic E-state index is 5.08. The molecule has 4 heteroatoms. The van der Waals surface area contributed by atoms with Gasteiger partial charge in [0.2, 0.25) is 0 Å². The van der Waals surface area contributed by atoms with Crippen LogP contribution in [0.15, 0.2) is 93.5 Å². The van der Waals surface area contributed by atoms with E-state index in [0.717, 1.165) is 42.3 Å². The number of fused-ring (bicyclic) bond motifs is 2. The smallest absolute Gasteiger partial charge is 0.0903 e. The molecule has 0 bridgehead atoms. The van der Waals surface area contributed by atoms with Gasteiger partial charge in [-0.1, -0.05) is 60.7 Å². The van der Waals surface area contributed by atoms with Crippen molar-refractivity contribution in [3.63, 3.8) is 0 Å². The molecule has 0 spiro atoms. The van der Waals surface area contributed by atoms with Crippen LogP contribution in [0.4, 0.5) is 0 Å². The lowest BCUT2D eigenvalue weighted by atomic mass is 10.1. The van der Waals surface area contributed by atoms with Crippen LogP contribution in [0.5, 0.6) is 0 Å². The monoisotopic (exact) mass is 370 g/mol. The van der Waals surface area contributed by atoms with Crippen LogP contribution in [-0.2, 0) is 0 Å². The Hall–Kier alpha value is -2.82. The molecule has 5 rings (SSSR count). The van der Waals surface area contributed by atoms with Crippen molar-refractivity contribution in [2.45, 2.75) is 0 Å². The van der Waals surface area contributed by atoms with E-state index in [2.05, 4.69) is 71.4 Å². The number of rotatable bonds is 2. The fraction of sp³-hybridized carbons (Fsp3) is 0. The summed E-state index contributed by atoms with van der Waals surface area (Å²) in [7, 11) is 0. The fourth-order valence-corrected chi connectivity index (χ4v) is 4.75. The third kappa shape index (κ3) is 2.64. The summed E-state index contributed by atoms with van der Waals surface area (Å²) < 4.78 is 2.22. The fourth-order valence-electron chi connectivity index (χ4n) is 3.06. The average molecular weight is 371 g/mol. The normalized spacial score (nSPS) is 19.8. The van der Waals surface area contributed by atoms with Gasteiger partial charge in [-0.25, -0.2) is 9.98 Å². The van der Waals surface area contributed by atoms with Crippen LogP contribution in [0.1, 0.15) is 11.1 Å². The summed E-state index contributed by atoms with van der Waals surface area (Å²) >= 11 is 3.38. The lowest BCUT2D eigenvalue weighted by molar-refractivity contribution is 1.26. The summed E-state index contributed by atoms with van der Waals surface area (Å²) in [6.45, 7) is 0. The van der Waals surface area contributed by atoms with E-state index >= 15 is 0 Å². The predicted molar refractivity (Wildman–Crippen MR) is 108 cm³/mol. The Morgan fingerprint density at radius 2 is 0.923 bits per heavy atom. The van der Waals surface area contributed by atoms with Gasteiger partial charge in [-0.05, 0) is 22.9 Å². The van der Waals surface area contributed by atoms with Crippen molar-refractivity contribution < 1.29 is 0 Å². The Kier molecular flexibility index (Phi) is 3.85. The van der Waals surface area contributed by atoms with Gasteiger partial charge in [0, 0.05) is 11.1 Å². The quantitative estimate of drug-likeness (QED) is 0.518. The molecule has 1 aliphatic heterocycles. The second kappa shape index (κ2) is 6.48. The van der Waals surface area contributed by atoms with Crippen molar-refractivity contribution in [2.24, 2.45) is 9.98 Å². The Balaban J connectivity index is 1.93. The van der Waals surface area contributed by atoms with Crippen molar-refractivity contribution in [1.82, 2.24) is 0 Å². The largest absolute Gasteiger partial charge is 0.245 e. The Labute approximate surface area is 158 Å². The number of hydrogen-bond acceptors (Lipinski definition) is 4. The minimum atomic E-state index is 0.982. The SMILES string of the molecule is c1ccc(C2=c3\scc\c3=N/C(c3ccccc3)=c3/scc/c3=N\2)cc1. The van der Waals surface area contributed by atoms with Gasteiger partial charge in [-0.2, -0.15) is 0 Å². The highest BCUT2D eigenvalue weighted by atomic mass is 32.1. The second-order valence-electron chi connectivity index (χ2n) is 5.92. The molecule has 0 saturated heterocycles. The maximum atomic E-state index is 5.08. The summed E-state index contributed by atoms with van der Waals surface area (Å²) in [6, 6.07) is 24.9. The highest BCUT2D eigenvalue weighted by molar-refractivity contribution is 7.08. The molecule has 0 N–H and O–H groups in total. The first kappa shape index (κ1) is 15.4. The Bertz CT molecular complexity index is 1210. The molecule has 0 amide bonds. The summed E-state index contributed by atoms with van der Waals surface area (Å²) in [5, 5.41) is 6.15. The lowest BCUT2D eigenvalue weighted by Gasteiger charge is -2.05. The van der Waals surface area contributed by atoms with Gasteiger partial charge in [0.1, 0.15) is 0 Å². The van der Waals surface area contributed by atoms with Crippen LogP contribution in [0.3, 0.4) is 0 Å². The standard InChI is InChI=1S/C22H14N2S2/c1-3-7-15(8-4-1)19-21-17(11-13-25-21)24-20(16-9-5-2-6-10-16)22-18(23-19)12-14-26-22/h1-14H/b21-19+,22-20+,23-18+,23-19?,24-17+,24-20?. The first-order chi connectivity index (χ1) is 12.9. The lowest BCUT2D eigenvalue weighted by Crippen LogP contribution is -2.29. The zero-order valence-corrected chi connectivity index (χ0v) is 15.4. The highest BCUT2D eigenvalue weighted by Crippen LogP contribution is 2.15. The van der Waals surface area contributed by atoms with Crippen LogP contribution in [0.2, 0.25) is 0 Å². The van der Waals surface area contributed by atoms with Gasteiger partial charge in [0.15, 0.2) is 0 Å². The van der Waals surface area contributed by atoms with Crippen molar-refractivity contribution in [3.8, 4) is 0 Å². The van der Waals surface area contributed by atoms with Crippen molar-refractivity contribution in [3.05, 3.63) is 114 Å². The summed E-state index contributed by atoms with van der Waals surface area (Å²) in [5.74, 6) is 0. The number of hydrogen-bond donors (Lipinski definition) is 0. The number of thiophene rings is 2. The molecule has 2 nitrogen and oxygen atoms in total. The van der Waals surface area contributed by atoms with E-state index in [9.17, 15) is 0 Å². The van der Waals surface area contributed by atoms with E-state index in [1.165, 1.54) is 0 Å². The molecule has 0 fully saturated rings. The molecule has 124 valence electrons. The molecule has 0 radical (unpaired) electrons. The first-order valence-corrected chi connectivity index (χ1v) is 10.1. The predicted octanol–water partition coefficient (Wildman–Crippen LogP) is 3.08. The molecule has 4 aromatic rings. The summed E-state index contributed by atoms with van der Waals surface area (Å²) in [6.07, 6.45) is 0. The molecule has 0 saturated carbocycles. The highest BCUT2D eigenvalue weighted by Gasteiger charge is 2.10. The summed E-state index contributed by atoms with van der Waals surface area (Å²) in [4.78, 5) is 10.2. The molecule has 0 atom stereocenters. The molecular formula is C22H14N2S2. The second-order valence-corrected chi connectivity index (χ2v) is 7.76. The minimum Gasteiger partial charge on any atom is -0.245 e. The zero-order valence-electron chi connectivity index (χ0n) is 13.8. The molecule has 2 aromatic heterocycles. The van der Waals surface area contributed by atoms with Gasteiger partial charge in [-0.3, -0.25) is 0 Å².